The molecule has 6 heteroatoms. The average molecular weight is 306 g/mol. The normalized spacial score (nSPS) is 14.8. The Kier molecular flexibility index (Phi) is 7.99. The van der Waals surface area contributed by atoms with Gasteiger partial charge in [0, 0.05) is 24.5 Å². The van der Waals surface area contributed by atoms with Gasteiger partial charge < -0.3 is 11.1 Å². The van der Waals surface area contributed by atoms with E-state index in [0.29, 0.717) is 18.9 Å². The van der Waals surface area contributed by atoms with Crippen LogP contribution in [0.5, 0.6) is 0 Å². The Morgan fingerprint density at radius 1 is 1.47 bits per heavy atom. The van der Waals surface area contributed by atoms with Crippen LogP contribution in [0.15, 0.2) is 18.3 Å². The molecular formula is C13H21Cl2N3O. The van der Waals surface area contributed by atoms with Gasteiger partial charge >= 0.3 is 0 Å². The average Bonchev–Trinajstić information content (AvgIpc) is 3.13. The second kappa shape index (κ2) is 8.35. The van der Waals surface area contributed by atoms with Gasteiger partial charge in [-0.25, -0.2) is 0 Å². The van der Waals surface area contributed by atoms with Crippen LogP contribution in [-0.4, -0.2) is 23.5 Å². The summed E-state index contributed by atoms with van der Waals surface area (Å²) in [7, 11) is 0. The number of aryl methyl sites for hydroxylation is 1. The van der Waals surface area contributed by atoms with Crippen molar-refractivity contribution >= 4 is 30.7 Å². The van der Waals surface area contributed by atoms with Gasteiger partial charge in [-0.2, -0.15) is 0 Å². The number of halogens is 2. The molecule has 3 N–H and O–H groups in total. The van der Waals surface area contributed by atoms with Crippen molar-refractivity contribution in [3.8, 4) is 0 Å². The fourth-order valence-corrected chi connectivity index (χ4v) is 1.77. The first-order valence-corrected chi connectivity index (χ1v) is 6.09. The predicted octanol–water partition coefficient (Wildman–Crippen LogP) is 1.63. The van der Waals surface area contributed by atoms with E-state index >= 15 is 0 Å². The summed E-state index contributed by atoms with van der Waals surface area (Å²) in [5, 5.41) is 2.88. The molecule has 1 aliphatic carbocycles. The number of pyridine rings is 1. The Balaban J connectivity index is 0.00000162. The summed E-state index contributed by atoms with van der Waals surface area (Å²) in [5.41, 5.74) is 7.81. The third-order valence-corrected chi connectivity index (χ3v) is 3.10. The number of carbonyl (C=O) groups is 1. The molecule has 19 heavy (non-hydrogen) atoms. The molecule has 1 unspecified atom stereocenters. The number of aromatic nitrogens is 1. The third-order valence-electron chi connectivity index (χ3n) is 3.10. The Labute approximate surface area is 126 Å². The minimum Gasteiger partial charge on any atom is -0.354 e. The molecule has 4 nitrogen and oxygen atoms in total. The minimum absolute atomic E-state index is 0. The van der Waals surface area contributed by atoms with E-state index < -0.39 is 0 Å². The number of hydrogen-bond donors (Lipinski definition) is 2. The SMILES string of the molecule is Cc1ccc(CC(=O)NCC(N)C2CC2)cn1.Cl.Cl. The van der Waals surface area contributed by atoms with Crippen LogP contribution in [0.25, 0.3) is 0 Å². The molecule has 0 aromatic carbocycles. The first-order valence-electron chi connectivity index (χ1n) is 6.09. The first kappa shape index (κ1) is 18.2. The summed E-state index contributed by atoms with van der Waals surface area (Å²) in [4.78, 5) is 15.8. The Morgan fingerprint density at radius 2 is 2.16 bits per heavy atom. The van der Waals surface area contributed by atoms with Crippen LogP contribution in [-0.2, 0) is 11.2 Å². The van der Waals surface area contributed by atoms with E-state index in [1.807, 2.05) is 19.1 Å². The number of rotatable bonds is 5. The summed E-state index contributed by atoms with van der Waals surface area (Å²) < 4.78 is 0. The van der Waals surface area contributed by atoms with Gasteiger partial charge in [0.15, 0.2) is 0 Å². The topological polar surface area (TPSA) is 68.0 Å². The molecule has 1 atom stereocenters. The van der Waals surface area contributed by atoms with E-state index in [9.17, 15) is 4.79 Å². The minimum atomic E-state index is 0. The monoisotopic (exact) mass is 305 g/mol. The number of nitrogens with one attached hydrogen (secondary N) is 1. The van der Waals surface area contributed by atoms with Crippen molar-refractivity contribution in [2.75, 3.05) is 6.54 Å². The standard InChI is InChI=1S/C13H19N3O.2ClH/c1-9-2-3-10(7-15-9)6-13(17)16-8-12(14)11-4-5-11;;/h2-3,7,11-12H,4-6,8,14H2,1H3,(H,16,17);2*1H. The second-order valence-electron chi connectivity index (χ2n) is 4.79. The molecule has 1 aliphatic rings. The van der Waals surface area contributed by atoms with Gasteiger partial charge in [-0.1, -0.05) is 6.07 Å². The maximum Gasteiger partial charge on any atom is 0.224 e. The molecule has 1 heterocycles. The molecule has 1 saturated carbocycles. The Bertz CT molecular complexity index is 393. The fourth-order valence-electron chi connectivity index (χ4n) is 1.77. The van der Waals surface area contributed by atoms with Crippen LogP contribution in [0.4, 0.5) is 0 Å². The van der Waals surface area contributed by atoms with E-state index in [1.54, 1.807) is 6.20 Å². The lowest BCUT2D eigenvalue weighted by Gasteiger charge is -2.11. The van der Waals surface area contributed by atoms with E-state index in [1.165, 1.54) is 12.8 Å². The zero-order valence-electron chi connectivity index (χ0n) is 11.0. The molecule has 1 aromatic rings. The summed E-state index contributed by atoms with van der Waals surface area (Å²) in [5.74, 6) is 0.642. The lowest BCUT2D eigenvalue weighted by Crippen LogP contribution is -2.39. The summed E-state index contributed by atoms with van der Waals surface area (Å²) in [6, 6.07) is 3.97. The van der Waals surface area contributed by atoms with Crippen molar-refractivity contribution in [2.24, 2.45) is 11.7 Å². The van der Waals surface area contributed by atoms with Gasteiger partial charge in [-0.3, -0.25) is 9.78 Å². The largest absolute Gasteiger partial charge is 0.354 e. The summed E-state index contributed by atoms with van der Waals surface area (Å²) in [6.07, 6.45) is 4.54. The Hall–Kier alpha value is -0.840. The zero-order chi connectivity index (χ0) is 12.3. The third kappa shape index (κ3) is 6.23. The smallest absolute Gasteiger partial charge is 0.224 e. The van der Waals surface area contributed by atoms with Crippen molar-refractivity contribution in [2.45, 2.75) is 32.2 Å². The number of hydrogen-bond acceptors (Lipinski definition) is 3. The van der Waals surface area contributed by atoms with Crippen molar-refractivity contribution in [1.82, 2.24) is 10.3 Å². The van der Waals surface area contributed by atoms with Gasteiger partial charge in [0.1, 0.15) is 0 Å². The fraction of sp³-hybridized carbons (Fsp3) is 0.538. The van der Waals surface area contributed by atoms with Crippen LogP contribution in [0.3, 0.4) is 0 Å². The van der Waals surface area contributed by atoms with Crippen molar-refractivity contribution in [1.29, 1.82) is 0 Å². The molecule has 0 saturated heterocycles. The van der Waals surface area contributed by atoms with Gasteiger partial charge in [0.05, 0.1) is 6.42 Å². The van der Waals surface area contributed by atoms with E-state index in [2.05, 4.69) is 10.3 Å². The quantitative estimate of drug-likeness (QED) is 0.869. The van der Waals surface area contributed by atoms with Crippen LogP contribution in [0.2, 0.25) is 0 Å². The lowest BCUT2D eigenvalue weighted by atomic mass is 10.1. The number of nitrogens with two attached hydrogens (primary N) is 1. The van der Waals surface area contributed by atoms with Crippen LogP contribution in [0.1, 0.15) is 24.1 Å². The van der Waals surface area contributed by atoms with Crippen LogP contribution in [0, 0.1) is 12.8 Å². The highest BCUT2D eigenvalue weighted by Crippen LogP contribution is 2.31. The number of carbonyl (C=O) groups excluding carboxylic acids is 1. The highest BCUT2D eigenvalue weighted by atomic mass is 35.5. The summed E-state index contributed by atoms with van der Waals surface area (Å²) >= 11 is 0. The molecular weight excluding hydrogens is 285 g/mol. The molecule has 0 radical (unpaired) electrons. The number of amides is 1. The summed E-state index contributed by atoms with van der Waals surface area (Å²) in [6.45, 7) is 2.52. The molecule has 1 fully saturated rings. The van der Waals surface area contributed by atoms with Gasteiger partial charge in [0.25, 0.3) is 0 Å². The van der Waals surface area contributed by atoms with E-state index in [4.69, 9.17) is 5.73 Å². The van der Waals surface area contributed by atoms with E-state index in [-0.39, 0.29) is 36.8 Å². The van der Waals surface area contributed by atoms with Crippen LogP contribution < -0.4 is 11.1 Å². The maximum absolute atomic E-state index is 11.7. The molecule has 108 valence electrons. The van der Waals surface area contributed by atoms with Gasteiger partial charge in [-0.15, -0.1) is 24.8 Å². The van der Waals surface area contributed by atoms with Crippen molar-refractivity contribution in [3.05, 3.63) is 29.6 Å². The lowest BCUT2D eigenvalue weighted by molar-refractivity contribution is -0.120. The molecule has 2 rings (SSSR count). The van der Waals surface area contributed by atoms with Crippen molar-refractivity contribution < 1.29 is 4.79 Å². The molecule has 0 bridgehead atoms. The first-order chi connectivity index (χ1) is 8.15. The Morgan fingerprint density at radius 3 is 2.68 bits per heavy atom. The van der Waals surface area contributed by atoms with Crippen LogP contribution >= 0.6 is 24.8 Å². The highest BCUT2D eigenvalue weighted by molar-refractivity contribution is 5.85. The van der Waals surface area contributed by atoms with Crippen molar-refractivity contribution in [3.63, 3.8) is 0 Å². The van der Waals surface area contributed by atoms with E-state index in [0.717, 1.165) is 11.3 Å². The highest BCUT2D eigenvalue weighted by Gasteiger charge is 2.28. The van der Waals surface area contributed by atoms with Gasteiger partial charge in [-0.05, 0) is 37.3 Å². The maximum atomic E-state index is 11.7. The second-order valence-corrected chi connectivity index (χ2v) is 4.79. The molecule has 0 spiro atoms. The molecule has 1 aromatic heterocycles. The predicted molar refractivity (Wildman–Crippen MR) is 80.9 cm³/mol. The zero-order valence-corrected chi connectivity index (χ0v) is 12.6. The number of nitrogens with zero attached hydrogens (tertiary/aromatic N) is 1. The van der Waals surface area contributed by atoms with Gasteiger partial charge in [0.2, 0.25) is 5.91 Å². The molecule has 1 amide bonds. The molecule has 0 aliphatic heterocycles.